The Morgan fingerprint density at radius 3 is 2.58 bits per heavy atom. The van der Waals surface area contributed by atoms with Gasteiger partial charge in [0.1, 0.15) is 5.69 Å². The van der Waals surface area contributed by atoms with Gasteiger partial charge in [-0.2, -0.15) is 0 Å². The summed E-state index contributed by atoms with van der Waals surface area (Å²) < 4.78 is 4.70. The van der Waals surface area contributed by atoms with Crippen molar-refractivity contribution in [1.29, 1.82) is 0 Å². The number of nitro groups is 1. The molecule has 0 aliphatic heterocycles. The van der Waals surface area contributed by atoms with E-state index in [2.05, 4.69) is 26.1 Å². The first-order valence-corrected chi connectivity index (χ1v) is 8.27. The fourth-order valence-electron chi connectivity index (χ4n) is 4.06. The van der Waals surface area contributed by atoms with Crippen LogP contribution in [-0.2, 0) is 4.74 Å². The van der Waals surface area contributed by atoms with Gasteiger partial charge < -0.3 is 10.1 Å². The van der Waals surface area contributed by atoms with Gasteiger partial charge in [0.15, 0.2) is 0 Å². The molecule has 0 unspecified atom stereocenters. The van der Waals surface area contributed by atoms with Crippen molar-refractivity contribution in [3.8, 4) is 0 Å². The lowest BCUT2D eigenvalue weighted by Gasteiger charge is -2.39. The Morgan fingerprint density at radius 2 is 2.04 bits per heavy atom. The SMILES string of the molecule is COC(=O)c1ccc(N[C@@H]2C[C@@H](C)CC(C)(C)C2)c([N+](=O)[O-])c1C. The number of methoxy groups -OCH3 is 1. The summed E-state index contributed by atoms with van der Waals surface area (Å²) in [7, 11) is 1.27. The van der Waals surface area contributed by atoms with Gasteiger partial charge in [0.25, 0.3) is 5.69 Å². The minimum absolute atomic E-state index is 0.0473. The van der Waals surface area contributed by atoms with Crippen molar-refractivity contribution < 1.29 is 14.5 Å². The first kappa shape index (κ1) is 18.2. The highest BCUT2D eigenvalue weighted by atomic mass is 16.6. The molecule has 24 heavy (non-hydrogen) atoms. The van der Waals surface area contributed by atoms with Crippen LogP contribution in [0.15, 0.2) is 12.1 Å². The molecule has 0 heterocycles. The molecular formula is C18H26N2O4. The molecule has 6 heteroatoms. The molecular weight excluding hydrogens is 308 g/mol. The minimum atomic E-state index is -0.561. The van der Waals surface area contributed by atoms with Crippen LogP contribution >= 0.6 is 0 Å². The second-order valence-corrected chi connectivity index (χ2v) is 7.64. The number of hydrogen-bond donors (Lipinski definition) is 1. The summed E-state index contributed by atoms with van der Waals surface area (Å²) in [6.45, 7) is 8.27. The Balaban J connectivity index is 2.35. The molecule has 0 amide bonds. The van der Waals surface area contributed by atoms with Crippen LogP contribution in [0.3, 0.4) is 0 Å². The molecule has 1 aromatic carbocycles. The number of carbonyl (C=O) groups excluding carboxylic acids is 1. The number of nitrogens with one attached hydrogen (secondary N) is 1. The molecule has 1 saturated carbocycles. The number of rotatable bonds is 4. The van der Waals surface area contributed by atoms with E-state index in [4.69, 9.17) is 4.74 Å². The highest BCUT2D eigenvalue weighted by molar-refractivity contribution is 5.93. The number of esters is 1. The third-order valence-corrected chi connectivity index (χ3v) is 4.77. The van der Waals surface area contributed by atoms with Gasteiger partial charge in [0.2, 0.25) is 0 Å². The summed E-state index contributed by atoms with van der Waals surface area (Å²) in [5, 5.41) is 14.9. The maximum Gasteiger partial charge on any atom is 0.338 e. The van der Waals surface area contributed by atoms with Gasteiger partial charge in [-0.1, -0.05) is 20.8 Å². The standard InChI is InChI=1S/C18H26N2O4/c1-11-8-13(10-18(3,4)9-11)19-15-7-6-14(17(21)24-5)12(2)16(15)20(22)23/h6-7,11,13,19H,8-10H2,1-5H3/t11-,13-/m1/s1. The van der Waals surface area contributed by atoms with Crippen molar-refractivity contribution in [3.05, 3.63) is 33.4 Å². The lowest BCUT2D eigenvalue weighted by atomic mass is 9.70. The van der Waals surface area contributed by atoms with E-state index < -0.39 is 10.9 Å². The van der Waals surface area contributed by atoms with Gasteiger partial charge in [-0.3, -0.25) is 10.1 Å². The summed E-state index contributed by atoms with van der Waals surface area (Å²) in [5.74, 6) is 0.00955. The number of nitro benzene ring substituents is 1. The van der Waals surface area contributed by atoms with Crippen LogP contribution in [0.1, 0.15) is 56.0 Å². The lowest BCUT2D eigenvalue weighted by molar-refractivity contribution is -0.384. The highest BCUT2D eigenvalue weighted by Crippen LogP contribution is 2.41. The molecule has 1 aliphatic carbocycles. The average molecular weight is 334 g/mol. The topological polar surface area (TPSA) is 81.5 Å². The van der Waals surface area contributed by atoms with Gasteiger partial charge in [-0.05, 0) is 49.7 Å². The third kappa shape index (κ3) is 3.86. The van der Waals surface area contributed by atoms with Crippen molar-refractivity contribution >= 4 is 17.3 Å². The van der Waals surface area contributed by atoms with E-state index in [1.54, 1.807) is 19.1 Å². The second kappa shape index (κ2) is 6.79. The van der Waals surface area contributed by atoms with Crippen LogP contribution in [0.2, 0.25) is 0 Å². The maximum atomic E-state index is 11.8. The Labute approximate surface area is 142 Å². The van der Waals surface area contributed by atoms with Crippen LogP contribution in [0, 0.1) is 28.4 Å². The number of anilines is 1. The number of benzene rings is 1. The quantitative estimate of drug-likeness (QED) is 0.504. The summed E-state index contributed by atoms with van der Waals surface area (Å²) >= 11 is 0. The van der Waals surface area contributed by atoms with Crippen molar-refractivity contribution in [2.75, 3.05) is 12.4 Å². The van der Waals surface area contributed by atoms with E-state index in [9.17, 15) is 14.9 Å². The van der Waals surface area contributed by atoms with Crippen molar-refractivity contribution in [3.63, 3.8) is 0 Å². The summed E-state index contributed by atoms with van der Waals surface area (Å²) in [5.41, 5.74) is 1.20. The van der Waals surface area contributed by atoms with Crippen LogP contribution in [-0.4, -0.2) is 24.0 Å². The molecule has 132 valence electrons. The molecule has 0 spiro atoms. The van der Waals surface area contributed by atoms with Crippen LogP contribution in [0.5, 0.6) is 0 Å². The fraction of sp³-hybridized carbons (Fsp3) is 0.611. The molecule has 0 radical (unpaired) electrons. The van der Waals surface area contributed by atoms with E-state index in [1.165, 1.54) is 7.11 Å². The molecule has 0 bridgehead atoms. The summed E-state index contributed by atoms with van der Waals surface area (Å²) in [6, 6.07) is 3.39. The van der Waals surface area contributed by atoms with E-state index in [0.29, 0.717) is 17.2 Å². The Morgan fingerprint density at radius 1 is 1.38 bits per heavy atom. The highest BCUT2D eigenvalue weighted by Gasteiger charge is 2.33. The Hall–Kier alpha value is -2.11. The zero-order valence-corrected chi connectivity index (χ0v) is 15.0. The van der Waals surface area contributed by atoms with E-state index in [0.717, 1.165) is 19.3 Å². The summed E-state index contributed by atoms with van der Waals surface area (Å²) in [6.07, 6.45) is 3.11. The normalized spacial score (nSPS) is 22.7. The second-order valence-electron chi connectivity index (χ2n) is 7.64. The molecule has 1 aromatic rings. The fourth-order valence-corrected chi connectivity index (χ4v) is 4.06. The number of nitrogens with zero attached hydrogens (tertiary/aromatic N) is 1. The molecule has 1 N–H and O–H groups in total. The third-order valence-electron chi connectivity index (χ3n) is 4.77. The predicted octanol–water partition coefficient (Wildman–Crippen LogP) is 4.32. The Bertz CT molecular complexity index is 655. The largest absolute Gasteiger partial charge is 0.465 e. The molecule has 0 aromatic heterocycles. The first-order chi connectivity index (χ1) is 11.1. The molecule has 1 fully saturated rings. The van der Waals surface area contributed by atoms with Gasteiger partial charge in [0.05, 0.1) is 17.6 Å². The number of ether oxygens (including phenoxy) is 1. The van der Waals surface area contributed by atoms with Crippen molar-refractivity contribution in [1.82, 2.24) is 0 Å². The average Bonchev–Trinajstić information content (AvgIpc) is 2.44. The maximum absolute atomic E-state index is 11.8. The Kier molecular flexibility index (Phi) is 5.16. The zero-order valence-electron chi connectivity index (χ0n) is 15.0. The zero-order chi connectivity index (χ0) is 18.1. The molecule has 1 aliphatic rings. The van der Waals surface area contributed by atoms with Gasteiger partial charge in [-0.15, -0.1) is 0 Å². The van der Waals surface area contributed by atoms with E-state index >= 15 is 0 Å². The molecule has 6 nitrogen and oxygen atoms in total. The van der Waals surface area contributed by atoms with Crippen LogP contribution in [0.4, 0.5) is 11.4 Å². The van der Waals surface area contributed by atoms with Crippen LogP contribution < -0.4 is 5.32 Å². The lowest BCUT2D eigenvalue weighted by Crippen LogP contribution is -2.35. The van der Waals surface area contributed by atoms with E-state index in [-0.39, 0.29) is 22.7 Å². The molecule has 2 rings (SSSR count). The molecule has 0 saturated heterocycles. The molecule has 2 atom stereocenters. The van der Waals surface area contributed by atoms with Gasteiger partial charge in [0, 0.05) is 11.6 Å². The minimum Gasteiger partial charge on any atom is -0.465 e. The first-order valence-electron chi connectivity index (χ1n) is 8.27. The van der Waals surface area contributed by atoms with Crippen LogP contribution in [0.25, 0.3) is 0 Å². The van der Waals surface area contributed by atoms with Gasteiger partial charge >= 0.3 is 5.97 Å². The van der Waals surface area contributed by atoms with Crippen molar-refractivity contribution in [2.45, 2.75) is 53.0 Å². The smallest absolute Gasteiger partial charge is 0.338 e. The van der Waals surface area contributed by atoms with E-state index in [1.807, 2.05) is 0 Å². The monoisotopic (exact) mass is 334 g/mol. The summed E-state index contributed by atoms with van der Waals surface area (Å²) in [4.78, 5) is 22.9. The predicted molar refractivity (Wildman–Crippen MR) is 93.4 cm³/mol. The van der Waals surface area contributed by atoms with Gasteiger partial charge in [-0.25, -0.2) is 4.79 Å². The van der Waals surface area contributed by atoms with Crippen molar-refractivity contribution in [2.24, 2.45) is 11.3 Å². The number of hydrogen-bond acceptors (Lipinski definition) is 5. The number of carbonyl (C=O) groups is 1.